The maximum absolute atomic E-state index is 14.2. The lowest BCUT2D eigenvalue weighted by atomic mass is 9.65. The Balaban J connectivity index is 1.46. The highest BCUT2D eigenvalue weighted by molar-refractivity contribution is 7.91. The average Bonchev–Trinajstić information content (AvgIpc) is 3.81. The summed E-state index contributed by atoms with van der Waals surface area (Å²) >= 11 is 2.65. The third-order valence-electron chi connectivity index (χ3n) is 10.6. The number of rotatable bonds is 8. The van der Waals surface area contributed by atoms with Crippen LogP contribution in [-0.4, -0.2) is 47.0 Å². The van der Waals surface area contributed by atoms with Crippen molar-refractivity contribution < 1.29 is 23.4 Å². The van der Waals surface area contributed by atoms with E-state index in [9.17, 15) is 23.4 Å². The highest BCUT2D eigenvalue weighted by Crippen LogP contribution is 2.59. The summed E-state index contributed by atoms with van der Waals surface area (Å²) in [4.78, 5) is 15.9. The molecule has 48 heavy (non-hydrogen) atoms. The molecule has 0 unspecified atom stereocenters. The Hall–Kier alpha value is -2.92. The third kappa shape index (κ3) is 7.04. The van der Waals surface area contributed by atoms with Crippen LogP contribution in [0.1, 0.15) is 95.1 Å². The topological polar surface area (TPSA) is 94.9 Å². The van der Waals surface area contributed by atoms with Crippen molar-refractivity contribution in [3.05, 3.63) is 122 Å². The van der Waals surface area contributed by atoms with Crippen LogP contribution >= 0.6 is 22.7 Å². The zero-order valence-corrected chi connectivity index (χ0v) is 30.3. The van der Waals surface area contributed by atoms with E-state index < -0.39 is 27.1 Å². The number of hydrogen-bond acceptors (Lipinski definition) is 7. The molecule has 4 aromatic rings. The largest absolute Gasteiger partial charge is 0.393 e. The summed E-state index contributed by atoms with van der Waals surface area (Å²) in [5, 5.41) is 25.6. The van der Waals surface area contributed by atoms with Crippen molar-refractivity contribution in [3.8, 4) is 0 Å². The Bertz CT molecular complexity index is 1880. The van der Waals surface area contributed by atoms with Gasteiger partial charge in [0.25, 0.3) is 10.0 Å². The van der Waals surface area contributed by atoms with E-state index in [0.717, 1.165) is 28.0 Å². The van der Waals surface area contributed by atoms with Gasteiger partial charge in [-0.15, -0.1) is 22.7 Å². The molecule has 1 saturated carbocycles. The van der Waals surface area contributed by atoms with Crippen LogP contribution in [0.5, 0.6) is 0 Å². The van der Waals surface area contributed by atoms with Crippen LogP contribution in [0.3, 0.4) is 0 Å². The number of aliphatic hydroxyl groups excluding tert-OH is 1. The lowest BCUT2D eigenvalue weighted by molar-refractivity contribution is -0.0731. The summed E-state index contributed by atoms with van der Waals surface area (Å²) in [6.07, 6.45) is 5.83. The van der Waals surface area contributed by atoms with Crippen molar-refractivity contribution in [1.29, 1.82) is 0 Å². The first-order valence-corrected chi connectivity index (χ1v) is 19.9. The van der Waals surface area contributed by atoms with Crippen LogP contribution in [0, 0.1) is 12.3 Å². The van der Waals surface area contributed by atoms with Crippen LogP contribution in [0.4, 0.5) is 0 Å². The zero-order valence-electron chi connectivity index (χ0n) is 27.9. The summed E-state index contributed by atoms with van der Waals surface area (Å²) in [6, 6.07) is 22.7. The zero-order chi connectivity index (χ0) is 34.1. The molecule has 4 atom stereocenters. The smallest absolute Gasteiger partial charge is 0.252 e. The van der Waals surface area contributed by atoms with E-state index in [1.54, 1.807) is 17.5 Å². The molecule has 3 aliphatic rings. The van der Waals surface area contributed by atoms with Gasteiger partial charge in [-0.1, -0.05) is 67.1 Å². The van der Waals surface area contributed by atoms with Gasteiger partial charge in [-0.2, -0.15) is 4.31 Å². The summed E-state index contributed by atoms with van der Waals surface area (Å²) in [7, 11) is -3.91. The normalized spacial score (nSPS) is 25.1. The second kappa shape index (κ2) is 14.1. The van der Waals surface area contributed by atoms with Crippen LogP contribution < -0.4 is 0 Å². The van der Waals surface area contributed by atoms with E-state index in [2.05, 4.69) is 19.9 Å². The van der Waals surface area contributed by atoms with Crippen LogP contribution in [-0.2, 0) is 23.0 Å². The minimum atomic E-state index is -3.91. The molecule has 9 heteroatoms. The van der Waals surface area contributed by atoms with Crippen LogP contribution in [0.25, 0.3) is 0 Å². The van der Waals surface area contributed by atoms with Gasteiger partial charge in [-0.05, 0) is 111 Å². The summed E-state index contributed by atoms with van der Waals surface area (Å²) in [5.74, 6) is -0.243. The summed E-state index contributed by atoms with van der Waals surface area (Å²) in [5.41, 5.74) is 2.32. The third-order valence-corrected chi connectivity index (χ3v) is 14.8. The molecule has 0 amide bonds. The van der Waals surface area contributed by atoms with Gasteiger partial charge in [0.15, 0.2) is 0 Å². The van der Waals surface area contributed by atoms with Gasteiger partial charge in [-0.25, -0.2) is 8.42 Å². The molecule has 0 saturated heterocycles. The number of carbonyl (C=O) groups excluding carboxylic acids is 1. The number of hydrogen-bond donors (Lipinski definition) is 2. The first-order valence-electron chi connectivity index (χ1n) is 16.8. The van der Waals surface area contributed by atoms with E-state index in [1.165, 1.54) is 32.6 Å². The molecule has 7 rings (SSSR count). The van der Waals surface area contributed by atoms with Crippen molar-refractivity contribution >= 4 is 38.5 Å². The fourth-order valence-electron chi connectivity index (χ4n) is 7.73. The van der Waals surface area contributed by atoms with Crippen molar-refractivity contribution in [2.24, 2.45) is 5.41 Å². The number of ketones is 1. The fourth-order valence-corrected chi connectivity index (χ4v) is 11.2. The van der Waals surface area contributed by atoms with Crippen molar-refractivity contribution in [2.75, 3.05) is 6.54 Å². The number of fused-ring (bicyclic) bond motifs is 8. The maximum Gasteiger partial charge on any atom is 0.252 e. The van der Waals surface area contributed by atoms with Gasteiger partial charge < -0.3 is 10.2 Å². The number of carbonyl (C=O) groups is 1. The quantitative estimate of drug-likeness (QED) is 0.142. The van der Waals surface area contributed by atoms with E-state index in [0.29, 0.717) is 49.0 Å². The van der Waals surface area contributed by atoms with E-state index >= 15 is 0 Å². The summed E-state index contributed by atoms with van der Waals surface area (Å²) in [6.45, 7) is 6.25. The lowest BCUT2D eigenvalue weighted by Crippen LogP contribution is -2.53. The molecule has 2 aromatic heterocycles. The minimum Gasteiger partial charge on any atom is -0.393 e. The summed E-state index contributed by atoms with van der Waals surface area (Å²) < 4.78 is 30.1. The lowest BCUT2D eigenvalue weighted by Gasteiger charge is -2.46. The number of aliphatic hydroxyl groups is 2. The molecule has 1 fully saturated rings. The molecule has 2 aromatic carbocycles. The van der Waals surface area contributed by atoms with Gasteiger partial charge in [0, 0.05) is 28.9 Å². The molecule has 2 heterocycles. The van der Waals surface area contributed by atoms with Crippen LogP contribution in [0.15, 0.2) is 94.0 Å². The second-order valence-electron chi connectivity index (χ2n) is 13.9. The second-order valence-corrected chi connectivity index (χ2v) is 18.3. The van der Waals surface area contributed by atoms with Crippen molar-refractivity contribution in [3.63, 3.8) is 0 Å². The average molecular weight is 704 g/mol. The number of thiophene rings is 2. The van der Waals surface area contributed by atoms with E-state index in [-0.39, 0.29) is 29.0 Å². The fraction of sp³-hybridized carbons (Fsp3) is 0.410. The first-order chi connectivity index (χ1) is 22.9. The highest BCUT2D eigenvalue weighted by Gasteiger charge is 2.58. The standard InChI is InChI=1S/C39H45NO5S3/c1-27-9-7-20-38(3)34(32-17-15-30(23-31(41)16-13-27)24-33(32)37(42)35-18-14-28(2)47-35)19-21-39(38,43)26-40(25-29-10-5-4-6-11-29)48(44,45)36-12-8-22-46-36/h4-6,8-12,14-15,17-18,22,24,31,34,41,43H,7,13,16,19-21,23,25-26H2,1-3H3/t31-,34-,38-,39+/m0/s1. The van der Waals surface area contributed by atoms with Gasteiger partial charge in [0.1, 0.15) is 4.21 Å². The van der Waals surface area contributed by atoms with Gasteiger partial charge in [0.2, 0.25) is 5.78 Å². The maximum atomic E-state index is 14.2. The highest BCUT2D eigenvalue weighted by atomic mass is 32.2. The predicted molar refractivity (Wildman–Crippen MR) is 194 cm³/mol. The number of allylic oxidation sites excluding steroid dienone is 2. The van der Waals surface area contributed by atoms with Crippen molar-refractivity contribution in [2.45, 2.75) is 94.1 Å². The van der Waals surface area contributed by atoms with Gasteiger partial charge >= 0.3 is 0 Å². The molecule has 254 valence electrons. The molecule has 2 N–H and O–H groups in total. The molecular weight excluding hydrogens is 659 g/mol. The molecule has 3 aliphatic carbocycles. The number of aryl methyl sites for hydroxylation is 1. The Labute approximate surface area is 292 Å². The Morgan fingerprint density at radius 2 is 1.79 bits per heavy atom. The van der Waals surface area contributed by atoms with Crippen molar-refractivity contribution in [1.82, 2.24) is 4.31 Å². The Morgan fingerprint density at radius 1 is 1.00 bits per heavy atom. The predicted octanol–water partition coefficient (Wildman–Crippen LogP) is 8.28. The Kier molecular flexibility index (Phi) is 10.3. The first kappa shape index (κ1) is 34.9. The molecular formula is C39H45NO5S3. The number of nitrogens with zero attached hydrogens (tertiary/aromatic N) is 1. The monoisotopic (exact) mass is 703 g/mol. The van der Waals surface area contributed by atoms with Crippen LogP contribution in [0.2, 0.25) is 0 Å². The molecule has 0 radical (unpaired) electrons. The Morgan fingerprint density at radius 3 is 2.50 bits per heavy atom. The molecule has 2 bridgehead atoms. The van der Waals surface area contributed by atoms with E-state index in [4.69, 9.17) is 0 Å². The number of benzene rings is 2. The molecule has 0 spiro atoms. The molecule has 6 nitrogen and oxygen atoms in total. The van der Waals surface area contributed by atoms with E-state index in [1.807, 2.05) is 67.6 Å². The number of sulfonamides is 1. The van der Waals surface area contributed by atoms with Gasteiger partial charge in [-0.3, -0.25) is 4.79 Å². The minimum absolute atomic E-state index is 0.0500. The van der Waals surface area contributed by atoms with Gasteiger partial charge in [0.05, 0.1) is 16.6 Å². The SMILES string of the molecule is CC1=CCC[C@@]2(C)[C@@H](CC[C@@]2(O)CN(Cc2ccccc2)S(=O)(=O)c2cccs2)c2ccc(cc2C(=O)c2ccc(C)s2)C[C@@H](O)CC1. The molecule has 0 aliphatic heterocycles.